The molecule has 1 unspecified atom stereocenters. The zero-order valence-electron chi connectivity index (χ0n) is 9.23. The maximum absolute atomic E-state index is 10.7. The van der Waals surface area contributed by atoms with E-state index in [-0.39, 0.29) is 0 Å². The number of carboxylic acids is 1. The van der Waals surface area contributed by atoms with Crippen molar-refractivity contribution in [1.82, 2.24) is 0 Å². The smallest absolute Gasteiger partial charge is 0.116 e. The van der Waals surface area contributed by atoms with E-state index in [1.165, 1.54) is 0 Å². The molecule has 0 amide bonds. The van der Waals surface area contributed by atoms with Crippen LogP contribution in [0.3, 0.4) is 0 Å². The molecule has 0 spiro atoms. The summed E-state index contributed by atoms with van der Waals surface area (Å²) in [6, 6.07) is 6.78. The van der Waals surface area contributed by atoms with Crippen LogP contribution in [-0.2, 0) is 10.4 Å². The van der Waals surface area contributed by atoms with Crippen LogP contribution in [-0.4, -0.2) is 11.1 Å². The second kappa shape index (κ2) is 3.72. The molecule has 86 valence electrons. The molecule has 0 heterocycles. The number of benzene rings is 1. The number of rotatable bonds is 2. The van der Waals surface area contributed by atoms with Gasteiger partial charge in [0.15, 0.2) is 0 Å². The average molecular weight is 228 g/mol. The summed E-state index contributed by atoms with van der Waals surface area (Å²) in [5, 5.41) is 29.8. The van der Waals surface area contributed by atoms with Crippen LogP contribution in [0.2, 0.25) is 0 Å². The standard InChI is InChI=1S/C13H11NO3/c1-8-4-10-5-9(7-14)2-3-11(10)13(8,17)6-12(15)16/h2-5,17H,6H2,1H3,(H,15,16)/p-1. The van der Waals surface area contributed by atoms with Crippen LogP contribution in [0.1, 0.15) is 30.0 Å². The van der Waals surface area contributed by atoms with Gasteiger partial charge in [-0.3, -0.25) is 0 Å². The van der Waals surface area contributed by atoms with Crippen LogP contribution in [0, 0.1) is 11.3 Å². The second-order valence-corrected chi connectivity index (χ2v) is 4.15. The number of carbonyl (C=O) groups is 1. The molecule has 1 N–H and O–H groups in total. The monoisotopic (exact) mass is 228 g/mol. The maximum atomic E-state index is 10.7. The Labute approximate surface area is 98.4 Å². The molecule has 2 rings (SSSR count). The van der Waals surface area contributed by atoms with Crippen LogP contribution in [0.15, 0.2) is 23.8 Å². The van der Waals surface area contributed by atoms with Crippen molar-refractivity contribution >= 4 is 12.0 Å². The predicted octanol–water partition coefficient (Wildman–Crippen LogP) is 0.303. The van der Waals surface area contributed by atoms with Gasteiger partial charge in [0.05, 0.1) is 11.6 Å². The molecule has 4 nitrogen and oxygen atoms in total. The first-order valence-electron chi connectivity index (χ1n) is 5.13. The molecule has 17 heavy (non-hydrogen) atoms. The lowest BCUT2D eigenvalue weighted by Crippen LogP contribution is -2.35. The number of fused-ring (bicyclic) bond motifs is 1. The van der Waals surface area contributed by atoms with Crippen molar-refractivity contribution in [1.29, 1.82) is 5.26 Å². The second-order valence-electron chi connectivity index (χ2n) is 4.15. The molecule has 1 aromatic carbocycles. The van der Waals surface area contributed by atoms with E-state index < -0.39 is 18.0 Å². The Bertz CT molecular complexity index is 569. The number of carboxylic acid groups (broad SMARTS) is 1. The molecule has 0 saturated carbocycles. The summed E-state index contributed by atoms with van der Waals surface area (Å²) in [6.07, 6.45) is 1.22. The Morgan fingerprint density at radius 3 is 2.88 bits per heavy atom. The van der Waals surface area contributed by atoms with E-state index in [9.17, 15) is 15.0 Å². The highest BCUT2D eigenvalue weighted by Gasteiger charge is 2.37. The maximum Gasteiger partial charge on any atom is 0.116 e. The molecule has 0 fully saturated rings. The van der Waals surface area contributed by atoms with Crippen LogP contribution in [0.5, 0.6) is 0 Å². The van der Waals surface area contributed by atoms with E-state index in [2.05, 4.69) is 0 Å². The Balaban J connectivity index is 2.54. The molecular weight excluding hydrogens is 218 g/mol. The average Bonchev–Trinajstić information content (AvgIpc) is 2.49. The van der Waals surface area contributed by atoms with Gasteiger partial charge in [-0.25, -0.2) is 0 Å². The highest BCUT2D eigenvalue weighted by atomic mass is 16.4. The lowest BCUT2D eigenvalue weighted by Gasteiger charge is -2.27. The third kappa shape index (κ3) is 1.71. The lowest BCUT2D eigenvalue weighted by atomic mass is 9.87. The van der Waals surface area contributed by atoms with Gasteiger partial charge in [-0.1, -0.05) is 12.1 Å². The van der Waals surface area contributed by atoms with Gasteiger partial charge in [0.25, 0.3) is 0 Å². The van der Waals surface area contributed by atoms with Crippen molar-refractivity contribution in [3.63, 3.8) is 0 Å². The molecule has 0 radical (unpaired) electrons. The number of aliphatic hydroxyl groups is 1. The number of hydrogen-bond acceptors (Lipinski definition) is 4. The molecule has 0 bridgehead atoms. The molecule has 1 atom stereocenters. The largest absolute Gasteiger partial charge is 0.550 e. The fraction of sp³-hybridized carbons (Fsp3) is 0.231. The molecule has 4 heteroatoms. The van der Waals surface area contributed by atoms with Gasteiger partial charge < -0.3 is 15.0 Å². The highest BCUT2D eigenvalue weighted by molar-refractivity contribution is 5.75. The molecule has 1 aliphatic carbocycles. The number of aliphatic carboxylic acids is 1. The number of nitriles is 1. The van der Waals surface area contributed by atoms with Gasteiger partial charge in [-0.15, -0.1) is 0 Å². The SMILES string of the molecule is CC1=Cc2cc(C#N)ccc2C1(O)CC(=O)[O-]. The Morgan fingerprint density at radius 2 is 2.29 bits per heavy atom. The van der Waals surface area contributed by atoms with Crippen LogP contribution < -0.4 is 5.11 Å². The Hall–Kier alpha value is -2.12. The van der Waals surface area contributed by atoms with Gasteiger partial charge in [0.2, 0.25) is 0 Å². The van der Waals surface area contributed by atoms with E-state index in [0.29, 0.717) is 22.3 Å². The summed E-state index contributed by atoms with van der Waals surface area (Å²) in [6.45, 7) is 1.66. The highest BCUT2D eigenvalue weighted by Crippen LogP contribution is 2.42. The van der Waals surface area contributed by atoms with Crippen molar-refractivity contribution < 1.29 is 15.0 Å². The van der Waals surface area contributed by atoms with Gasteiger partial charge in [-0.05, 0) is 35.8 Å². The van der Waals surface area contributed by atoms with Gasteiger partial charge in [0, 0.05) is 12.4 Å². The first-order valence-corrected chi connectivity index (χ1v) is 5.13. The predicted molar refractivity (Wildman–Crippen MR) is 58.3 cm³/mol. The zero-order valence-corrected chi connectivity index (χ0v) is 9.23. The zero-order chi connectivity index (χ0) is 12.6. The van der Waals surface area contributed by atoms with Crippen molar-refractivity contribution in [3.8, 4) is 6.07 Å². The van der Waals surface area contributed by atoms with Crippen molar-refractivity contribution in [2.45, 2.75) is 18.9 Å². The third-order valence-corrected chi connectivity index (χ3v) is 3.05. The van der Waals surface area contributed by atoms with E-state index >= 15 is 0 Å². The topological polar surface area (TPSA) is 84.1 Å². The summed E-state index contributed by atoms with van der Waals surface area (Å²) in [4.78, 5) is 10.7. The van der Waals surface area contributed by atoms with Crippen LogP contribution >= 0.6 is 0 Å². The minimum atomic E-state index is -1.51. The number of nitrogens with zero attached hydrogens (tertiary/aromatic N) is 1. The molecule has 0 aromatic heterocycles. The number of hydrogen-bond donors (Lipinski definition) is 1. The van der Waals surface area contributed by atoms with Gasteiger partial charge in [-0.2, -0.15) is 5.26 Å². The van der Waals surface area contributed by atoms with E-state index in [1.807, 2.05) is 6.07 Å². The summed E-state index contributed by atoms with van der Waals surface area (Å²) >= 11 is 0. The summed E-state index contributed by atoms with van der Waals surface area (Å²) < 4.78 is 0. The third-order valence-electron chi connectivity index (χ3n) is 3.05. The minimum absolute atomic E-state index is 0.477. The van der Waals surface area contributed by atoms with Gasteiger partial charge in [0.1, 0.15) is 5.60 Å². The minimum Gasteiger partial charge on any atom is -0.550 e. The van der Waals surface area contributed by atoms with Crippen molar-refractivity contribution in [3.05, 3.63) is 40.5 Å². The Kier molecular flexibility index (Phi) is 2.49. The summed E-state index contributed by atoms with van der Waals surface area (Å²) in [5.41, 5.74) is 0.711. The molecule has 0 aliphatic heterocycles. The van der Waals surface area contributed by atoms with Crippen LogP contribution in [0.25, 0.3) is 6.08 Å². The van der Waals surface area contributed by atoms with E-state index in [4.69, 9.17) is 5.26 Å². The van der Waals surface area contributed by atoms with Crippen molar-refractivity contribution in [2.24, 2.45) is 0 Å². The van der Waals surface area contributed by atoms with E-state index in [0.717, 1.165) is 0 Å². The van der Waals surface area contributed by atoms with E-state index in [1.54, 1.807) is 31.2 Å². The fourth-order valence-corrected chi connectivity index (χ4v) is 2.14. The Morgan fingerprint density at radius 1 is 1.59 bits per heavy atom. The first kappa shape index (κ1) is 11.4. The van der Waals surface area contributed by atoms with Crippen molar-refractivity contribution in [2.75, 3.05) is 0 Å². The molecule has 0 saturated heterocycles. The van der Waals surface area contributed by atoms with Gasteiger partial charge >= 0.3 is 0 Å². The molecular formula is C13H10NO3-. The van der Waals surface area contributed by atoms with Crippen LogP contribution in [0.4, 0.5) is 0 Å². The molecule has 1 aromatic rings. The quantitative estimate of drug-likeness (QED) is 0.789. The lowest BCUT2D eigenvalue weighted by molar-refractivity contribution is -0.309. The normalized spacial score (nSPS) is 21.6. The summed E-state index contributed by atoms with van der Waals surface area (Å²) in [7, 11) is 0. The molecule has 1 aliphatic rings. The fourth-order valence-electron chi connectivity index (χ4n) is 2.14. The summed E-state index contributed by atoms with van der Waals surface area (Å²) in [5.74, 6) is -1.31. The number of carbonyl (C=O) groups excluding carboxylic acids is 1. The first-order chi connectivity index (χ1) is 7.97.